The van der Waals surface area contributed by atoms with Crippen LogP contribution in [0.25, 0.3) is 0 Å². The number of hydrogen-bond donors (Lipinski definition) is 2. The summed E-state index contributed by atoms with van der Waals surface area (Å²) in [4.78, 5) is 0. The summed E-state index contributed by atoms with van der Waals surface area (Å²) in [6.45, 7) is 1.82. The number of nitrogens with two attached hydrogens (primary N) is 1. The molecule has 1 aliphatic rings. The second-order valence-electron chi connectivity index (χ2n) is 4.24. The molecule has 1 fully saturated rings. The van der Waals surface area contributed by atoms with E-state index in [0.717, 1.165) is 11.5 Å². The topological polar surface area (TPSA) is 46.2 Å². The minimum absolute atomic E-state index is 0.207. The highest BCUT2D eigenvalue weighted by molar-refractivity contribution is 5.29. The number of aliphatic hydroxyl groups excluding tert-OH is 1. The summed E-state index contributed by atoms with van der Waals surface area (Å²) in [6, 6.07) is 7.99. The van der Waals surface area contributed by atoms with Crippen LogP contribution in [0.2, 0.25) is 0 Å². The van der Waals surface area contributed by atoms with Crippen molar-refractivity contribution in [3.8, 4) is 0 Å². The largest absolute Gasteiger partial charge is 0.387 e. The van der Waals surface area contributed by atoms with Crippen LogP contribution < -0.4 is 5.73 Å². The van der Waals surface area contributed by atoms with Crippen LogP contribution in [0.3, 0.4) is 0 Å². The molecule has 2 rings (SSSR count). The maximum atomic E-state index is 9.72. The molecule has 3 N–H and O–H groups in total. The van der Waals surface area contributed by atoms with Crippen LogP contribution >= 0.6 is 0 Å². The van der Waals surface area contributed by atoms with E-state index < -0.39 is 6.10 Å². The van der Waals surface area contributed by atoms with Crippen molar-refractivity contribution in [2.24, 2.45) is 5.73 Å². The lowest BCUT2D eigenvalue weighted by Gasteiger charge is -2.14. The molecule has 0 amide bonds. The summed E-state index contributed by atoms with van der Waals surface area (Å²) in [5, 5.41) is 9.72. The molecule has 14 heavy (non-hydrogen) atoms. The fraction of sp³-hybridized carbons (Fsp3) is 0.500. The van der Waals surface area contributed by atoms with E-state index in [-0.39, 0.29) is 6.04 Å². The van der Waals surface area contributed by atoms with Crippen molar-refractivity contribution in [2.75, 3.05) is 0 Å². The Morgan fingerprint density at radius 2 is 1.86 bits per heavy atom. The average Bonchev–Trinajstić information content (AvgIpc) is 3.00. The van der Waals surface area contributed by atoms with E-state index in [0.29, 0.717) is 0 Å². The second-order valence-corrected chi connectivity index (χ2v) is 4.24. The predicted octanol–water partition coefficient (Wildman–Crippen LogP) is 1.94. The molecule has 0 spiro atoms. The highest BCUT2D eigenvalue weighted by Gasteiger charge is 2.23. The van der Waals surface area contributed by atoms with Gasteiger partial charge < -0.3 is 10.8 Å². The third-order valence-electron chi connectivity index (χ3n) is 2.82. The van der Waals surface area contributed by atoms with E-state index in [9.17, 15) is 5.11 Å². The van der Waals surface area contributed by atoms with Gasteiger partial charge in [-0.15, -0.1) is 0 Å². The van der Waals surface area contributed by atoms with Gasteiger partial charge in [0.2, 0.25) is 0 Å². The Morgan fingerprint density at radius 3 is 2.29 bits per heavy atom. The molecule has 2 nitrogen and oxygen atoms in total. The molecule has 0 aromatic heterocycles. The van der Waals surface area contributed by atoms with Gasteiger partial charge in [0.15, 0.2) is 0 Å². The van der Waals surface area contributed by atoms with Gasteiger partial charge in [-0.1, -0.05) is 24.3 Å². The third-order valence-corrected chi connectivity index (χ3v) is 2.82. The standard InChI is InChI=1S/C12H17NO/c1-8(13)12(14)11-6-4-10(5-7-11)9-2-3-9/h4-9,12,14H,2-3,13H2,1H3. The molecular weight excluding hydrogens is 174 g/mol. The highest BCUT2D eigenvalue weighted by Crippen LogP contribution is 2.40. The number of benzene rings is 1. The first kappa shape index (κ1) is 9.69. The molecule has 2 atom stereocenters. The Morgan fingerprint density at radius 1 is 1.29 bits per heavy atom. The van der Waals surface area contributed by atoms with Crippen LogP contribution in [0.15, 0.2) is 24.3 Å². The van der Waals surface area contributed by atoms with Crippen LogP contribution in [0.4, 0.5) is 0 Å². The van der Waals surface area contributed by atoms with E-state index in [1.54, 1.807) is 0 Å². The molecule has 76 valence electrons. The van der Waals surface area contributed by atoms with Crippen molar-refractivity contribution in [3.63, 3.8) is 0 Å². The van der Waals surface area contributed by atoms with Crippen molar-refractivity contribution >= 4 is 0 Å². The van der Waals surface area contributed by atoms with Gasteiger partial charge in [0.05, 0.1) is 6.10 Å². The van der Waals surface area contributed by atoms with Crippen LogP contribution in [-0.2, 0) is 0 Å². The van der Waals surface area contributed by atoms with Crippen LogP contribution in [0, 0.1) is 0 Å². The van der Waals surface area contributed by atoms with Crippen molar-refractivity contribution in [3.05, 3.63) is 35.4 Å². The molecule has 1 aliphatic carbocycles. The number of rotatable bonds is 3. The first-order valence-electron chi connectivity index (χ1n) is 5.22. The molecule has 0 heterocycles. The van der Waals surface area contributed by atoms with Crippen molar-refractivity contribution in [2.45, 2.75) is 37.8 Å². The van der Waals surface area contributed by atoms with Gasteiger partial charge in [0.25, 0.3) is 0 Å². The van der Waals surface area contributed by atoms with Crippen LogP contribution in [0.1, 0.15) is 42.9 Å². The SMILES string of the molecule is CC(N)C(O)c1ccc(C2CC2)cc1. The maximum Gasteiger partial charge on any atom is 0.0938 e. The zero-order valence-electron chi connectivity index (χ0n) is 8.48. The molecule has 1 aromatic rings. The lowest BCUT2D eigenvalue weighted by molar-refractivity contribution is 0.153. The summed E-state index contributed by atoms with van der Waals surface area (Å²) in [5.74, 6) is 0.775. The van der Waals surface area contributed by atoms with Gasteiger partial charge >= 0.3 is 0 Å². The molecule has 1 saturated carbocycles. The van der Waals surface area contributed by atoms with Gasteiger partial charge in [0, 0.05) is 6.04 Å². The van der Waals surface area contributed by atoms with E-state index in [2.05, 4.69) is 12.1 Å². The summed E-state index contributed by atoms with van der Waals surface area (Å²) in [6.07, 6.45) is 2.09. The first-order chi connectivity index (χ1) is 6.68. The van der Waals surface area contributed by atoms with Gasteiger partial charge in [-0.05, 0) is 36.8 Å². The van der Waals surface area contributed by atoms with E-state index in [4.69, 9.17) is 5.73 Å². The lowest BCUT2D eigenvalue weighted by atomic mass is 10.0. The van der Waals surface area contributed by atoms with Crippen molar-refractivity contribution in [1.82, 2.24) is 0 Å². The normalized spacial score (nSPS) is 20.5. The van der Waals surface area contributed by atoms with Crippen LogP contribution in [0.5, 0.6) is 0 Å². The molecule has 2 unspecified atom stereocenters. The van der Waals surface area contributed by atoms with Gasteiger partial charge in [0.1, 0.15) is 0 Å². The minimum Gasteiger partial charge on any atom is -0.387 e. The van der Waals surface area contributed by atoms with Gasteiger partial charge in [-0.25, -0.2) is 0 Å². The molecular formula is C12H17NO. The smallest absolute Gasteiger partial charge is 0.0938 e. The minimum atomic E-state index is -0.539. The molecule has 0 radical (unpaired) electrons. The third kappa shape index (κ3) is 1.97. The predicted molar refractivity (Wildman–Crippen MR) is 57.0 cm³/mol. The zero-order chi connectivity index (χ0) is 10.1. The van der Waals surface area contributed by atoms with Crippen molar-refractivity contribution in [1.29, 1.82) is 0 Å². The van der Waals surface area contributed by atoms with Gasteiger partial charge in [-0.2, -0.15) is 0 Å². The summed E-state index contributed by atoms with van der Waals surface area (Å²) in [7, 11) is 0. The van der Waals surface area contributed by atoms with E-state index in [1.807, 2.05) is 19.1 Å². The Labute approximate surface area is 84.7 Å². The fourth-order valence-electron chi connectivity index (χ4n) is 1.69. The Bertz CT molecular complexity index is 301. The zero-order valence-corrected chi connectivity index (χ0v) is 8.48. The van der Waals surface area contributed by atoms with E-state index in [1.165, 1.54) is 18.4 Å². The highest BCUT2D eigenvalue weighted by atomic mass is 16.3. The quantitative estimate of drug-likeness (QED) is 0.767. The summed E-state index contributed by atoms with van der Waals surface area (Å²) in [5.41, 5.74) is 7.94. The first-order valence-corrected chi connectivity index (χ1v) is 5.22. The summed E-state index contributed by atoms with van der Waals surface area (Å²) >= 11 is 0. The molecule has 0 saturated heterocycles. The lowest BCUT2D eigenvalue weighted by Crippen LogP contribution is -2.24. The van der Waals surface area contributed by atoms with Crippen molar-refractivity contribution < 1.29 is 5.11 Å². The van der Waals surface area contributed by atoms with Gasteiger partial charge in [-0.3, -0.25) is 0 Å². The Hall–Kier alpha value is -0.860. The Kier molecular flexibility index (Phi) is 2.57. The Balaban J connectivity index is 2.12. The molecule has 2 heteroatoms. The maximum absolute atomic E-state index is 9.72. The number of hydrogen-bond acceptors (Lipinski definition) is 2. The van der Waals surface area contributed by atoms with Crippen LogP contribution in [-0.4, -0.2) is 11.1 Å². The molecule has 0 bridgehead atoms. The monoisotopic (exact) mass is 191 g/mol. The molecule has 0 aliphatic heterocycles. The second kappa shape index (κ2) is 3.71. The van der Waals surface area contributed by atoms with E-state index >= 15 is 0 Å². The average molecular weight is 191 g/mol. The summed E-state index contributed by atoms with van der Waals surface area (Å²) < 4.78 is 0. The molecule has 1 aromatic carbocycles. The number of aliphatic hydroxyl groups is 1. The fourth-order valence-corrected chi connectivity index (χ4v) is 1.69.